The topological polar surface area (TPSA) is 0 Å². The molecule has 0 bridgehead atoms. The minimum atomic E-state index is -0.310. The molecule has 1 rings (SSSR count). The van der Waals surface area contributed by atoms with Crippen molar-refractivity contribution in [1.29, 1.82) is 0 Å². The molecule has 0 aliphatic carbocycles. The minimum Gasteiger partial charge on any atom is -0.205 e. The molecule has 84 valence electrons. The SMILES string of the molecule is CC(C)C(CCl)Cc1cccc(Cl)c1F. The first kappa shape index (κ1) is 12.8. The molecule has 0 aliphatic rings. The lowest BCUT2D eigenvalue weighted by Gasteiger charge is -2.18. The first-order chi connectivity index (χ1) is 7.06. The second-order valence-electron chi connectivity index (χ2n) is 4.08. The zero-order valence-corrected chi connectivity index (χ0v) is 10.4. The minimum absolute atomic E-state index is 0.185. The fourth-order valence-corrected chi connectivity index (χ4v) is 2.12. The third-order valence-corrected chi connectivity index (χ3v) is 3.34. The second-order valence-corrected chi connectivity index (χ2v) is 4.79. The van der Waals surface area contributed by atoms with Crippen molar-refractivity contribution in [2.75, 3.05) is 5.88 Å². The zero-order chi connectivity index (χ0) is 11.4. The number of alkyl halides is 1. The number of hydrogen-bond donors (Lipinski definition) is 0. The van der Waals surface area contributed by atoms with Gasteiger partial charge in [0, 0.05) is 5.88 Å². The van der Waals surface area contributed by atoms with Crippen molar-refractivity contribution in [3.8, 4) is 0 Å². The Morgan fingerprint density at radius 1 is 1.33 bits per heavy atom. The van der Waals surface area contributed by atoms with Crippen molar-refractivity contribution in [2.24, 2.45) is 11.8 Å². The Kier molecular flexibility index (Phi) is 4.88. The summed E-state index contributed by atoms with van der Waals surface area (Å²) >= 11 is 11.6. The summed E-state index contributed by atoms with van der Waals surface area (Å²) in [5, 5.41) is 0.185. The van der Waals surface area contributed by atoms with Gasteiger partial charge in [0.25, 0.3) is 0 Å². The molecule has 1 atom stereocenters. The molecule has 0 N–H and O–H groups in total. The highest BCUT2D eigenvalue weighted by atomic mass is 35.5. The highest BCUT2D eigenvalue weighted by Crippen LogP contribution is 2.24. The van der Waals surface area contributed by atoms with Crippen LogP contribution in [0.3, 0.4) is 0 Å². The summed E-state index contributed by atoms with van der Waals surface area (Å²) in [5.74, 6) is 0.972. The van der Waals surface area contributed by atoms with Gasteiger partial charge in [-0.05, 0) is 29.9 Å². The lowest BCUT2D eigenvalue weighted by molar-refractivity contribution is 0.415. The summed E-state index contributed by atoms with van der Waals surface area (Å²) in [6.45, 7) is 4.19. The first-order valence-corrected chi connectivity index (χ1v) is 5.96. The molecular weight excluding hydrogens is 234 g/mol. The molecule has 0 amide bonds. The van der Waals surface area contributed by atoms with Crippen LogP contribution in [0.2, 0.25) is 5.02 Å². The van der Waals surface area contributed by atoms with E-state index in [0.717, 1.165) is 0 Å². The van der Waals surface area contributed by atoms with Crippen LogP contribution < -0.4 is 0 Å². The van der Waals surface area contributed by atoms with Gasteiger partial charge in [0.15, 0.2) is 0 Å². The van der Waals surface area contributed by atoms with E-state index in [1.54, 1.807) is 18.2 Å². The van der Waals surface area contributed by atoms with E-state index in [1.165, 1.54) is 0 Å². The van der Waals surface area contributed by atoms with Gasteiger partial charge < -0.3 is 0 Å². The predicted molar refractivity (Wildman–Crippen MR) is 64.2 cm³/mol. The maximum atomic E-state index is 13.6. The third-order valence-electron chi connectivity index (χ3n) is 2.65. The average molecular weight is 249 g/mol. The van der Waals surface area contributed by atoms with E-state index in [0.29, 0.717) is 29.7 Å². The van der Waals surface area contributed by atoms with Crippen molar-refractivity contribution < 1.29 is 4.39 Å². The summed E-state index contributed by atoms with van der Waals surface area (Å²) in [7, 11) is 0. The number of hydrogen-bond acceptors (Lipinski definition) is 0. The Labute approximate surface area is 100 Å². The van der Waals surface area contributed by atoms with Gasteiger partial charge in [-0.1, -0.05) is 37.6 Å². The summed E-state index contributed by atoms with van der Waals surface area (Å²) in [5.41, 5.74) is 0.654. The lowest BCUT2D eigenvalue weighted by Crippen LogP contribution is -2.14. The molecule has 0 heterocycles. The maximum Gasteiger partial charge on any atom is 0.144 e. The van der Waals surface area contributed by atoms with Crippen LogP contribution in [0.15, 0.2) is 18.2 Å². The van der Waals surface area contributed by atoms with Crippen molar-refractivity contribution >= 4 is 23.2 Å². The summed E-state index contributed by atoms with van der Waals surface area (Å²) in [6.07, 6.45) is 0.646. The van der Waals surface area contributed by atoms with E-state index in [2.05, 4.69) is 13.8 Å². The van der Waals surface area contributed by atoms with Crippen LogP contribution >= 0.6 is 23.2 Å². The van der Waals surface area contributed by atoms with E-state index in [9.17, 15) is 4.39 Å². The summed E-state index contributed by atoms with van der Waals surface area (Å²) < 4.78 is 13.6. The smallest absolute Gasteiger partial charge is 0.144 e. The third kappa shape index (κ3) is 3.35. The van der Waals surface area contributed by atoms with Crippen LogP contribution in [-0.2, 0) is 6.42 Å². The molecule has 0 saturated heterocycles. The van der Waals surface area contributed by atoms with Crippen LogP contribution in [0.5, 0.6) is 0 Å². The quantitative estimate of drug-likeness (QED) is 0.687. The molecule has 0 radical (unpaired) electrons. The van der Waals surface area contributed by atoms with Gasteiger partial charge in [-0.25, -0.2) is 4.39 Å². The van der Waals surface area contributed by atoms with Crippen LogP contribution in [0.1, 0.15) is 19.4 Å². The van der Waals surface area contributed by atoms with Gasteiger partial charge in [0.2, 0.25) is 0 Å². The predicted octanol–water partition coefficient (Wildman–Crippen LogP) is 4.53. The monoisotopic (exact) mass is 248 g/mol. The number of rotatable bonds is 4. The molecule has 0 saturated carbocycles. The molecule has 1 aromatic rings. The van der Waals surface area contributed by atoms with Crippen LogP contribution in [0.4, 0.5) is 4.39 Å². The fraction of sp³-hybridized carbons (Fsp3) is 0.500. The van der Waals surface area contributed by atoms with Gasteiger partial charge in [-0.3, -0.25) is 0 Å². The van der Waals surface area contributed by atoms with Gasteiger partial charge in [0.05, 0.1) is 5.02 Å². The standard InChI is InChI=1S/C12H15Cl2F/c1-8(2)10(7-13)6-9-4-3-5-11(14)12(9)15/h3-5,8,10H,6-7H2,1-2H3. The average Bonchev–Trinajstić information content (AvgIpc) is 2.19. The zero-order valence-electron chi connectivity index (χ0n) is 8.93. The van der Waals surface area contributed by atoms with E-state index >= 15 is 0 Å². The second kappa shape index (κ2) is 5.72. The van der Waals surface area contributed by atoms with E-state index in [-0.39, 0.29) is 10.8 Å². The van der Waals surface area contributed by atoms with Gasteiger partial charge in [-0.2, -0.15) is 0 Å². The van der Waals surface area contributed by atoms with E-state index < -0.39 is 0 Å². The van der Waals surface area contributed by atoms with Crippen molar-refractivity contribution in [3.63, 3.8) is 0 Å². The molecular formula is C12H15Cl2F. The Bertz CT molecular complexity index is 323. The Balaban J connectivity index is 2.84. The number of halogens is 3. The molecule has 1 aromatic carbocycles. The van der Waals surface area contributed by atoms with Gasteiger partial charge >= 0.3 is 0 Å². The van der Waals surface area contributed by atoms with Crippen molar-refractivity contribution in [1.82, 2.24) is 0 Å². The lowest BCUT2D eigenvalue weighted by atomic mass is 9.91. The largest absolute Gasteiger partial charge is 0.205 e. The maximum absolute atomic E-state index is 13.6. The van der Waals surface area contributed by atoms with Crippen molar-refractivity contribution in [3.05, 3.63) is 34.6 Å². The van der Waals surface area contributed by atoms with Crippen molar-refractivity contribution in [2.45, 2.75) is 20.3 Å². The van der Waals surface area contributed by atoms with Crippen LogP contribution in [-0.4, -0.2) is 5.88 Å². The molecule has 0 aliphatic heterocycles. The molecule has 0 fully saturated rings. The molecule has 1 unspecified atom stereocenters. The Morgan fingerprint density at radius 3 is 2.53 bits per heavy atom. The highest BCUT2D eigenvalue weighted by molar-refractivity contribution is 6.30. The Hall–Kier alpha value is -0.270. The van der Waals surface area contributed by atoms with Crippen LogP contribution in [0.25, 0.3) is 0 Å². The highest BCUT2D eigenvalue weighted by Gasteiger charge is 2.16. The normalized spacial score (nSPS) is 13.2. The van der Waals surface area contributed by atoms with E-state index in [1.807, 2.05) is 0 Å². The molecule has 15 heavy (non-hydrogen) atoms. The van der Waals surface area contributed by atoms with Crippen LogP contribution in [0, 0.1) is 17.7 Å². The summed E-state index contributed by atoms with van der Waals surface area (Å²) in [4.78, 5) is 0. The Morgan fingerprint density at radius 2 is 2.00 bits per heavy atom. The molecule has 3 heteroatoms. The number of benzene rings is 1. The molecule has 0 spiro atoms. The van der Waals surface area contributed by atoms with E-state index in [4.69, 9.17) is 23.2 Å². The van der Waals surface area contributed by atoms with Gasteiger partial charge in [0.1, 0.15) is 5.82 Å². The van der Waals surface area contributed by atoms with Gasteiger partial charge in [-0.15, -0.1) is 11.6 Å². The fourth-order valence-electron chi connectivity index (χ4n) is 1.46. The molecule has 0 aromatic heterocycles. The molecule has 0 nitrogen and oxygen atoms in total. The summed E-state index contributed by atoms with van der Waals surface area (Å²) in [6, 6.07) is 5.10. The first-order valence-electron chi connectivity index (χ1n) is 5.05.